The molecule has 28 heavy (non-hydrogen) atoms. The molecule has 0 saturated heterocycles. The Hall–Kier alpha value is -3.45. The summed E-state index contributed by atoms with van der Waals surface area (Å²) in [4.78, 5) is 29.2. The van der Waals surface area contributed by atoms with Gasteiger partial charge >= 0.3 is 11.1 Å². The summed E-state index contributed by atoms with van der Waals surface area (Å²) in [6.07, 6.45) is 3.03. The number of halogens is 1. The smallest absolute Gasteiger partial charge is 0.320 e. The largest absolute Gasteiger partial charge is 0.337 e. The van der Waals surface area contributed by atoms with Gasteiger partial charge in [-0.1, -0.05) is 40.5 Å². The van der Waals surface area contributed by atoms with E-state index < -0.39 is 11.1 Å². The van der Waals surface area contributed by atoms with Crippen molar-refractivity contribution in [2.45, 2.75) is 13.5 Å². The SMILES string of the molecule is Cc1cccc(-c2noc(Cn3ccn(-c4ccc(Cl)cc4)c(=O)c3=O)n2)c1. The summed E-state index contributed by atoms with van der Waals surface area (Å²) in [5, 5.41) is 4.50. The molecule has 0 aliphatic carbocycles. The predicted molar refractivity (Wildman–Crippen MR) is 105 cm³/mol. The number of aromatic nitrogens is 4. The normalized spacial score (nSPS) is 10.9. The molecule has 2 aromatic carbocycles. The van der Waals surface area contributed by atoms with E-state index in [0.29, 0.717) is 16.5 Å². The molecule has 0 aliphatic heterocycles. The average molecular weight is 395 g/mol. The molecule has 0 fully saturated rings. The Morgan fingerprint density at radius 1 is 1.04 bits per heavy atom. The molecular formula is C20H15ClN4O3. The minimum atomic E-state index is -0.687. The van der Waals surface area contributed by atoms with Crippen molar-refractivity contribution < 1.29 is 4.52 Å². The highest BCUT2D eigenvalue weighted by molar-refractivity contribution is 6.30. The average Bonchev–Trinajstić information content (AvgIpc) is 3.15. The molecule has 140 valence electrons. The molecule has 0 radical (unpaired) electrons. The van der Waals surface area contributed by atoms with Gasteiger partial charge in [0, 0.05) is 28.7 Å². The maximum atomic E-state index is 12.5. The van der Waals surface area contributed by atoms with Crippen molar-refractivity contribution in [3.05, 3.63) is 98.1 Å². The number of hydrogen-bond donors (Lipinski definition) is 0. The van der Waals surface area contributed by atoms with E-state index in [9.17, 15) is 9.59 Å². The van der Waals surface area contributed by atoms with Crippen molar-refractivity contribution in [2.24, 2.45) is 0 Å². The zero-order valence-corrected chi connectivity index (χ0v) is 15.6. The number of aryl methyl sites for hydroxylation is 1. The molecule has 0 unspecified atom stereocenters. The fourth-order valence-corrected chi connectivity index (χ4v) is 2.93. The second-order valence-electron chi connectivity index (χ2n) is 6.26. The third-order valence-electron chi connectivity index (χ3n) is 4.21. The summed E-state index contributed by atoms with van der Waals surface area (Å²) < 4.78 is 7.74. The summed E-state index contributed by atoms with van der Waals surface area (Å²) in [6, 6.07) is 14.3. The van der Waals surface area contributed by atoms with Crippen molar-refractivity contribution in [3.63, 3.8) is 0 Å². The molecule has 8 heteroatoms. The van der Waals surface area contributed by atoms with Crippen LogP contribution in [-0.4, -0.2) is 19.3 Å². The summed E-state index contributed by atoms with van der Waals surface area (Å²) in [5.74, 6) is 0.670. The minimum absolute atomic E-state index is 0.00828. The Morgan fingerprint density at radius 3 is 2.57 bits per heavy atom. The highest BCUT2D eigenvalue weighted by Gasteiger charge is 2.12. The van der Waals surface area contributed by atoms with Crippen LogP contribution >= 0.6 is 11.6 Å². The van der Waals surface area contributed by atoms with Crippen molar-refractivity contribution in [2.75, 3.05) is 0 Å². The topological polar surface area (TPSA) is 82.9 Å². The van der Waals surface area contributed by atoms with Gasteiger partial charge in [0.15, 0.2) is 0 Å². The lowest BCUT2D eigenvalue weighted by Crippen LogP contribution is -2.40. The predicted octanol–water partition coefficient (Wildman–Crippen LogP) is 3.06. The van der Waals surface area contributed by atoms with E-state index >= 15 is 0 Å². The molecule has 0 amide bonds. The standard InChI is InChI=1S/C20H15ClN4O3/c1-13-3-2-4-14(11-13)18-22-17(28-23-18)12-24-9-10-25(20(27)19(24)26)16-7-5-15(21)6-8-16/h2-11H,12H2,1H3. The van der Waals surface area contributed by atoms with Crippen molar-refractivity contribution in [1.82, 2.24) is 19.3 Å². The van der Waals surface area contributed by atoms with Crippen LogP contribution in [0.5, 0.6) is 0 Å². The molecular weight excluding hydrogens is 380 g/mol. The molecule has 0 N–H and O–H groups in total. The van der Waals surface area contributed by atoms with Crippen LogP contribution in [0.1, 0.15) is 11.5 Å². The van der Waals surface area contributed by atoms with Crippen molar-refractivity contribution in [1.29, 1.82) is 0 Å². The van der Waals surface area contributed by atoms with Gasteiger partial charge in [0.05, 0.1) is 0 Å². The van der Waals surface area contributed by atoms with Crippen molar-refractivity contribution >= 4 is 11.6 Å². The van der Waals surface area contributed by atoms with Crippen LogP contribution in [0.15, 0.2) is 75.0 Å². The lowest BCUT2D eigenvalue weighted by Gasteiger charge is -2.07. The first-order valence-electron chi connectivity index (χ1n) is 8.49. The number of rotatable bonds is 4. The molecule has 0 spiro atoms. The first-order chi connectivity index (χ1) is 13.5. The van der Waals surface area contributed by atoms with Gasteiger partial charge in [0.1, 0.15) is 6.54 Å². The van der Waals surface area contributed by atoms with Gasteiger partial charge in [0.2, 0.25) is 11.7 Å². The Morgan fingerprint density at radius 2 is 1.82 bits per heavy atom. The third-order valence-corrected chi connectivity index (χ3v) is 4.47. The van der Waals surface area contributed by atoms with Crippen LogP contribution in [0.2, 0.25) is 5.02 Å². The second-order valence-corrected chi connectivity index (χ2v) is 6.70. The van der Waals surface area contributed by atoms with Crippen LogP contribution in [0.4, 0.5) is 0 Å². The monoisotopic (exact) mass is 394 g/mol. The maximum absolute atomic E-state index is 12.5. The van der Waals surface area contributed by atoms with Crippen LogP contribution in [0.3, 0.4) is 0 Å². The van der Waals surface area contributed by atoms with E-state index in [-0.39, 0.29) is 12.4 Å². The van der Waals surface area contributed by atoms with E-state index in [0.717, 1.165) is 11.1 Å². The lowest BCUT2D eigenvalue weighted by atomic mass is 10.1. The van der Waals surface area contributed by atoms with Crippen molar-refractivity contribution in [3.8, 4) is 17.1 Å². The molecule has 0 aliphatic rings. The summed E-state index contributed by atoms with van der Waals surface area (Å²) >= 11 is 5.86. The fraction of sp³-hybridized carbons (Fsp3) is 0.100. The molecule has 0 bridgehead atoms. The zero-order valence-electron chi connectivity index (χ0n) is 14.9. The zero-order chi connectivity index (χ0) is 19.7. The number of benzene rings is 2. The quantitative estimate of drug-likeness (QED) is 0.497. The minimum Gasteiger partial charge on any atom is -0.337 e. The van der Waals surface area contributed by atoms with Crippen LogP contribution in [0, 0.1) is 6.92 Å². The Bertz CT molecular complexity index is 1260. The highest BCUT2D eigenvalue weighted by Crippen LogP contribution is 2.17. The van der Waals surface area contributed by atoms with E-state index in [4.69, 9.17) is 16.1 Å². The molecule has 4 aromatic rings. The lowest BCUT2D eigenvalue weighted by molar-refractivity contribution is 0.369. The number of hydrogen-bond acceptors (Lipinski definition) is 5. The third kappa shape index (κ3) is 3.52. The summed E-state index contributed by atoms with van der Waals surface area (Å²) in [5.41, 5.74) is 1.08. The van der Waals surface area contributed by atoms with Gasteiger partial charge < -0.3 is 4.52 Å². The van der Waals surface area contributed by atoms with E-state index in [1.54, 1.807) is 24.3 Å². The Balaban J connectivity index is 1.63. The molecule has 7 nitrogen and oxygen atoms in total. The summed E-state index contributed by atoms with van der Waals surface area (Å²) in [6.45, 7) is 1.98. The van der Waals surface area contributed by atoms with Crippen LogP contribution < -0.4 is 11.1 Å². The van der Waals surface area contributed by atoms with Gasteiger partial charge in [-0.25, -0.2) is 0 Å². The van der Waals surface area contributed by atoms with E-state index in [1.165, 1.54) is 21.5 Å². The summed E-state index contributed by atoms with van der Waals surface area (Å²) in [7, 11) is 0. The van der Waals surface area contributed by atoms with Crippen LogP contribution in [-0.2, 0) is 6.54 Å². The van der Waals surface area contributed by atoms with Gasteiger partial charge in [-0.3, -0.25) is 18.7 Å². The first-order valence-corrected chi connectivity index (χ1v) is 8.87. The van der Waals surface area contributed by atoms with Crippen LogP contribution in [0.25, 0.3) is 17.1 Å². The van der Waals surface area contributed by atoms with E-state index in [2.05, 4.69) is 10.1 Å². The maximum Gasteiger partial charge on any atom is 0.320 e. The molecule has 4 rings (SSSR count). The van der Waals surface area contributed by atoms with Gasteiger partial charge in [0.25, 0.3) is 0 Å². The second kappa shape index (κ2) is 7.28. The van der Waals surface area contributed by atoms with E-state index in [1.807, 2.05) is 31.2 Å². The van der Waals surface area contributed by atoms with Gasteiger partial charge in [-0.2, -0.15) is 4.98 Å². The van der Waals surface area contributed by atoms with Gasteiger partial charge in [-0.15, -0.1) is 0 Å². The molecule has 2 heterocycles. The van der Waals surface area contributed by atoms with Gasteiger partial charge in [-0.05, 0) is 37.3 Å². The highest BCUT2D eigenvalue weighted by atomic mass is 35.5. The molecule has 0 saturated carbocycles. The Kier molecular flexibility index (Phi) is 4.67. The number of nitrogens with zero attached hydrogens (tertiary/aromatic N) is 4. The Labute approximate surface area is 164 Å². The fourth-order valence-electron chi connectivity index (χ4n) is 2.80. The molecule has 2 aromatic heterocycles. The molecule has 0 atom stereocenters. The first kappa shape index (κ1) is 17.9.